The number of carbonyl (C=O) groups excluding carboxylic acids is 2. The van der Waals surface area contributed by atoms with Crippen molar-refractivity contribution < 1.29 is 19.6 Å². The molecule has 9 heteroatoms. The van der Waals surface area contributed by atoms with Crippen LogP contribution in [0.2, 0.25) is 0 Å². The van der Waals surface area contributed by atoms with Crippen LogP contribution >= 0.6 is 11.3 Å². The lowest BCUT2D eigenvalue weighted by atomic mass is 9.93. The van der Waals surface area contributed by atoms with Crippen LogP contribution in [0, 0.1) is 10.1 Å². The van der Waals surface area contributed by atoms with Crippen LogP contribution in [0.5, 0.6) is 0 Å². The first-order chi connectivity index (χ1) is 14.0. The number of aliphatic hydroxyl groups excluding tert-OH is 1. The van der Waals surface area contributed by atoms with E-state index in [-0.39, 0.29) is 11.3 Å². The Balaban J connectivity index is 1.86. The Bertz CT molecular complexity index is 1120. The van der Waals surface area contributed by atoms with Gasteiger partial charge in [-0.3, -0.25) is 24.6 Å². The van der Waals surface area contributed by atoms with Gasteiger partial charge in [-0.15, -0.1) is 11.3 Å². The molecule has 0 spiro atoms. The standard InChI is InChI=1S/C20H13N3O5S/c24-17(13-4-2-1-3-5-13)15-16(12-6-8-14(9-7-12)23(27)28)22(19(26)18(15)25)20-21-10-11-29-20/h1-11,16,25H. The first-order valence-corrected chi connectivity index (χ1v) is 9.37. The van der Waals surface area contributed by atoms with E-state index in [0.29, 0.717) is 16.3 Å². The number of nitro groups is 1. The number of thiazole rings is 1. The summed E-state index contributed by atoms with van der Waals surface area (Å²) in [6, 6.07) is 12.9. The number of rotatable bonds is 5. The monoisotopic (exact) mass is 407 g/mol. The quantitative estimate of drug-likeness (QED) is 0.391. The third-order valence-electron chi connectivity index (χ3n) is 4.53. The molecule has 29 heavy (non-hydrogen) atoms. The summed E-state index contributed by atoms with van der Waals surface area (Å²) in [6.07, 6.45) is 1.51. The highest BCUT2D eigenvalue weighted by atomic mass is 32.1. The number of aliphatic hydroxyl groups is 1. The Morgan fingerprint density at radius 3 is 2.41 bits per heavy atom. The Labute approximate surface area is 168 Å². The van der Waals surface area contributed by atoms with Crippen molar-refractivity contribution in [2.75, 3.05) is 4.90 Å². The Kier molecular flexibility index (Phi) is 4.65. The number of aromatic nitrogens is 1. The lowest BCUT2D eigenvalue weighted by molar-refractivity contribution is -0.384. The van der Waals surface area contributed by atoms with E-state index in [0.717, 1.165) is 0 Å². The lowest BCUT2D eigenvalue weighted by Gasteiger charge is -2.24. The van der Waals surface area contributed by atoms with Gasteiger partial charge < -0.3 is 5.11 Å². The molecule has 8 nitrogen and oxygen atoms in total. The molecule has 0 radical (unpaired) electrons. The highest BCUT2D eigenvalue weighted by Crippen LogP contribution is 2.42. The van der Waals surface area contributed by atoms with Gasteiger partial charge in [0.25, 0.3) is 11.6 Å². The van der Waals surface area contributed by atoms with Crippen LogP contribution in [-0.2, 0) is 4.79 Å². The Morgan fingerprint density at radius 1 is 1.14 bits per heavy atom. The normalized spacial score (nSPS) is 16.3. The van der Waals surface area contributed by atoms with E-state index in [9.17, 15) is 24.8 Å². The molecule has 0 fully saturated rings. The Morgan fingerprint density at radius 2 is 1.83 bits per heavy atom. The second-order valence-electron chi connectivity index (χ2n) is 6.20. The van der Waals surface area contributed by atoms with E-state index >= 15 is 0 Å². The van der Waals surface area contributed by atoms with Gasteiger partial charge in [0.2, 0.25) is 0 Å². The molecule has 1 aliphatic rings. The second kappa shape index (κ2) is 7.28. The van der Waals surface area contributed by atoms with E-state index in [1.807, 2.05) is 0 Å². The fourth-order valence-electron chi connectivity index (χ4n) is 3.21. The summed E-state index contributed by atoms with van der Waals surface area (Å²) < 4.78 is 0. The minimum absolute atomic E-state index is 0.0924. The molecule has 0 saturated carbocycles. The summed E-state index contributed by atoms with van der Waals surface area (Å²) >= 11 is 1.18. The molecule has 4 rings (SSSR count). The van der Waals surface area contributed by atoms with E-state index in [1.54, 1.807) is 35.7 Å². The molecule has 0 saturated heterocycles. The largest absolute Gasteiger partial charge is 0.503 e. The van der Waals surface area contributed by atoms with Gasteiger partial charge in [-0.1, -0.05) is 30.3 Å². The fourth-order valence-corrected chi connectivity index (χ4v) is 3.88. The SMILES string of the molecule is O=C(C1=C(O)C(=O)N(c2nccs2)C1c1ccc([N+](=O)[O-])cc1)c1ccccc1. The number of non-ortho nitro benzene ring substituents is 1. The van der Waals surface area contributed by atoms with E-state index in [4.69, 9.17) is 0 Å². The van der Waals surface area contributed by atoms with Gasteiger partial charge in [0.05, 0.1) is 16.5 Å². The van der Waals surface area contributed by atoms with E-state index in [2.05, 4.69) is 4.98 Å². The average Bonchev–Trinajstić information content (AvgIpc) is 3.35. The zero-order valence-corrected chi connectivity index (χ0v) is 15.6. The molecule has 1 N–H and O–H groups in total. The summed E-state index contributed by atoms with van der Waals surface area (Å²) in [5.74, 6) is -1.90. The maximum atomic E-state index is 13.2. The average molecular weight is 407 g/mol. The molecule has 1 aliphatic heterocycles. The maximum Gasteiger partial charge on any atom is 0.296 e. The van der Waals surface area contributed by atoms with Crippen LogP contribution in [0.1, 0.15) is 22.0 Å². The minimum atomic E-state index is -0.956. The van der Waals surface area contributed by atoms with Crippen LogP contribution < -0.4 is 4.90 Å². The number of Topliss-reactive ketones (excluding diaryl/α,β-unsaturated/α-hetero) is 1. The predicted octanol–water partition coefficient (Wildman–Crippen LogP) is 3.83. The van der Waals surface area contributed by atoms with Gasteiger partial charge >= 0.3 is 0 Å². The van der Waals surface area contributed by atoms with Crippen LogP contribution in [-0.4, -0.2) is 26.7 Å². The highest BCUT2D eigenvalue weighted by Gasteiger charge is 2.45. The minimum Gasteiger partial charge on any atom is -0.503 e. The molecular formula is C20H13N3O5S. The summed E-state index contributed by atoms with van der Waals surface area (Å²) in [5, 5.41) is 23.5. The number of hydrogen-bond acceptors (Lipinski definition) is 7. The van der Waals surface area contributed by atoms with Crippen LogP contribution in [0.25, 0.3) is 0 Å². The van der Waals surface area contributed by atoms with Crippen LogP contribution in [0.15, 0.2) is 77.5 Å². The molecular weight excluding hydrogens is 394 g/mol. The molecule has 2 aromatic carbocycles. The third kappa shape index (κ3) is 3.17. The predicted molar refractivity (Wildman–Crippen MR) is 106 cm³/mol. The van der Waals surface area contributed by atoms with E-state index in [1.165, 1.54) is 46.7 Å². The molecule has 0 bridgehead atoms. The molecule has 0 aliphatic carbocycles. The number of anilines is 1. The number of benzene rings is 2. The summed E-state index contributed by atoms with van der Waals surface area (Å²) in [7, 11) is 0. The number of hydrogen-bond donors (Lipinski definition) is 1. The van der Waals surface area contributed by atoms with Crippen molar-refractivity contribution in [3.8, 4) is 0 Å². The molecule has 2 heterocycles. The highest BCUT2D eigenvalue weighted by molar-refractivity contribution is 7.13. The first kappa shape index (κ1) is 18.5. The van der Waals surface area contributed by atoms with Gasteiger partial charge in [-0.05, 0) is 17.7 Å². The Hall–Kier alpha value is -3.85. The fraction of sp³-hybridized carbons (Fsp3) is 0.0500. The van der Waals surface area contributed by atoms with Gasteiger partial charge in [0.1, 0.15) is 0 Å². The summed E-state index contributed by atoms with van der Waals surface area (Å²) in [5.41, 5.74) is 0.547. The topological polar surface area (TPSA) is 114 Å². The van der Waals surface area contributed by atoms with Gasteiger partial charge in [-0.2, -0.15) is 0 Å². The van der Waals surface area contributed by atoms with Crippen LogP contribution in [0.3, 0.4) is 0 Å². The van der Waals surface area contributed by atoms with Crippen molar-refractivity contribution in [2.24, 2.45) is 0 Å². The van der Waals surface area contributed by atoms with Gasteiger partial charge in [-0.25, -0.2) is 4.98 Å². The smallest absolute Gasteiger partial charge is 0.296 e. The van der Waals surface area contributed by atoms with Crippen molar-refractivity contribution in [2.45, 2.75) is 6.04 Å². The summed E-state index contributed by atoms with van der Waals surface area (Å²) in [6.45, 7) is 0. The zero-order chi connectivity index (χ0) is 20.5. The molecule has 1 aromatic heterocycles. The van der Waals surface area contributed by atoms with Crippen molar-refractivity contribution in [3.05, 3.63) is 98.7 Å². The third-order valence-corrected chi connectivity index (χ3v) is 5.30. The van der Waals surface area contributed by atoms with Gasteiger partial charge in [0, 0.05) is 29.3 Å². The number of carbonyl (C=O) groups is 2. The van der Waals surface area contributed by atoms with Crippen molar-refractivity contribution in [3.63, 3.8) is 0 Å². The van der Waals surface area contributed by atoms with E-state index < -0.39 is 28.4 Å². The molecule has 144 valence electrons. The summed E-state index contributed by atoms with van der Waals surface area (Å²) in [4.78, 5) is 41.8. The molecule has 3 aromatic rings. The number of nitro benzene ring substituents is 1. The second-order valence-corrected chi connectivity index (χ2v) is 7.07. The molecule has 1 atom stereocenters. The zero-order valence-electron chi connectivity index (χ0n) is 14.8. The molecule has 1 amide bonds. The maximum absolute atomic E-state index is 13.2. The number of amides is 1. The number of ketones is 1. The van der Waals surface area contributed by atoms with Crippen molar-refractivity contribution >= 4 is 33.8 Å². The van der Waals surface area contributed by atoms with Gasteiger partial charge in [0.15, 0.2) is 16.7 Å². The first-order valence-electron chi connectivity index (χ1n) is 8.49. The van der Waals surface area contributed by atoms with Crippen molar-refractivity contribution in [1.82, 2.24) is 4.98 Å². The van der Waals surface area contributed by atoms with Crippen LogP contribution in [0.4, 0.5) is 10.8 Å². The number of nitrogens with zero attached hydrogens (tertiary/aromatic N) is 3. The van der Waals surface area contributed by atoms with Crippen molar-refractivity contribution in [1.29, 1.82) is 0 Å². The lowest BCUT2D eigenvalue weighted by Crippen LogP contribution is -2.30. The molecule has 1 unspecified atom stereocenters.